The summed E-state index contributed by atoms with van der Waals surface area (Å²) in [5, 5.41) is 9.20. The van der Waals surface area contributed by atoms with Crippen molar-refractivity contribution in [1.29, 1.82) is 0 Å². The number of benzene rings is 1. The van der Waals surface area contributed by atoms with E-state index < -0.39 is 12.3 Å². The molecule has 1 rings (SSSR count). The van der Waals surface area contributed by atoms with Crippen LogP contribution in [-0.2, 0) is 0 Å². The van der Waals surface area contributed by atoms with Crippen LogP contribution in [0.5, 0.6) is 11.5 Å². The molecule has 108 valence electrons. The van der Waals surface area contributed by atoms with Crippen LogP contribution in [-0.4, -0.2) is 24.0 Å². The molecule has 19 heavy (non-hydrogen) atoms. The molecule has 1 aromatic rings. The smallest absolute Gasteiger partial charge is 0.418 e. The molecule has 0 aromatic heterocycles. The van der Waals surface area contributed by atoms with E-state index in [9.17, 15) is 18.3 Å². The summed E-state index contributed by atoms with van der Waals surface area (Å²) in [7, 11) is 0. The predicted molar refractivity (Wildman–Crippen MR) is 64.4 cm³/mol. The van der Waals surface area contributed by atoms with Crippen LogP contribution in [0.1, 0.15) is 32.4 Å². The normalized spacial score (nSPS) is 13.5. The van der Waals surface area contributed by atoms with Gasteiger partial charge in [-0.05, 0) is 38.5 Å². The summed E-state index contributed by atoms with van der Waals surface area (Å²) in [6.07, 6.45) is -7.36. The highest BCUT2D eigenvalue weighted by molar-refractivity contribution is 5.44. The van der Waals surface area contributed by atoms with Gasteiger partial charge in [-0.3, -0.25) is 0 Å². The standard InChI is InChI=1S/C13H17F3O3/c1-4-18-11-7-9(12(17)13(14,15)16)5-6-10(11)19-8(2)3/h5-8,12,17H,4H2,1-3H3. The van der Waals surface area contributed by atoms with Crippen LogP contribution in [0.25, 0.3) is 0 Å². The molecule has 0 aliphatic rings. The largest absolute Gasteiger partial charge is 0.490 e. The summed E-state index contributed by atoms with van der Waals surface area (Å²) in [6, 6.07) is 3.70. The van der Waals surface area contributed by atoms with Crippen LogP contribution in [0, 0.1) is 0 Å². The van der Waals surface area contributed by atoms with Gasteiger partial charge in [0, 0.05) is 0 Å². The first-order valence-electron chi connectivity index (χ1n) is 5.93. The summed E-state index contributed by atoms with van der Waals surface area (Å²) in [4.78, 5) is 0. The molecule has 0 aliphatic carbocycles. The number of hydrogen-bond donors (Lipinski definition) is 1. The lowest BCUT2D eigenvalue weighted by Gasteiger charge is -2.18. The van der Waals surface area contributed by atoms with Gasteiger partial charge in [0.25, 0.3) is 0 Å². The van der Waals surface area contributed by atoms with E-state index in [0.29, 0.717) is 12.4 Å². The average Bonchev–Trinajstić information content (AvgIpc) is 2.29. The Morgan fingerprint density at radius 2 is 1.84 bits per heavy atom. The number of halogens is 3. The zero-order chi connectivity index (χ0) is 14.6. The fraction of sp³-hybridized carbons (Fsp3) is 0.538. The van der Waals surface area contributed by atoms with E-state index in [1.54, 1.807) is 20.8 Å². The van der Waals surface area contributed by atoms with E-state index in [2.05, 4.69) is 0 Å². The molecule has 0 saturated carbocycles. The lowest BCUT2D eigenvalue weighted by Crippen LogP contribution is -2.20. The minimum Gasteiger partial charge on any atom is -0.490 e. The van der Waals surface area contributed by atoms with Crippen molar-refractivity contribution in [3.8, 4) is 11.5 Å². The first kappa shape index (κ1) is 15.6. The molecular weight excluding hydrogens is 261 g/mol. The minimum atomic E-state index is -4.70. The molecule has 0 aliphatic heterocycles. The summed E-state index contributed by atoms with van der Waals surface area (Å²) in [5.41, 5.74) is -0.271. The Morgan fingerprint density at radius 3 is 2.32 bits per heavy atom. The van der Waals surface area contributed by atoms with Crippen LogP contribution in [0.2, 0.25) is 0 Å². The van der Waals surface area contributed by atoms with Crippen LogP contribution in [0.15, 0.2) is 18.2 Å². The fourth-order valence-corrected chi connectivity index (χ4v) is 1.50. The number of rotatable bonds is 5. The Hall–Kier alpha value is -1.43. The Kier molecular flexibility index (Phi) is 5.05. The number of aliphatic hydroxyl groups excluding tert-OH is 1. The maximum absolute atomic E-state index is 12.4. The summed E-state index contributed by atoms with van der Waals surface area (Å²) in [5.74, 6) is 0.548. The van der Waals surface area contributed by atoms with Crippen molar-refractivity contribution in [2.45, 2.75) is 39.2 Å². The van der Waals surface area contributed by atoms with Gasteiger partial charge in [0.05, 0.1) is 12.7 Å². The third kappa shape index (κ3) is 4.31. The molecule has 0 spiro atoms. The van der Waals surface area contributed by atoms with Crippen LogP contribution in [0.3, 0.4) is 0 Å². The van der Waals surface area contributed by atoms with E-state index in [-0.39, 0.29) is 17.4 Å². The van der Waals surface area contributed by atoms with Crippen LogP contribution >= 0.6 is 0 Å². The van der Waals surface area contributed by atoms with Crippen molar-refractivity contribution < 1.29 is 27.8 Å². The number of aliphatic hydroxyl groups is 1. The van der Waals surface area contributed by atoms with Gasteiger partial charge in [0.15, 0.2) is 17.6 Å². The highest BCUT2D eigenvalue weighted by atomic mass is 19.4. The molecule has 1 N–H and O–H groups in total. The second-order valence-electron chi connectivity index (χ2n) is 4.25. The zero-order valence-corrected chi connectivity index (χ0v) is 11.0. The first-order valence-corrected chi connectivity index (χ1v) is 5.93. The third-order valence-electron chi connectivity index (χ3n) is 2.26. The molecule has 0 bridgehead atoms. The summed E-state index contributed by atoms with van der Waals surface area (Å²) in [6.45, 7) is 5.61. The molecule has 6 heteroatoms. The molecule has 1 unspecified atom stereocenters. The lowest BCUT2D eigenvalue weighted by atomic mass is 10.1. The van der Waals surface area contributed by atoms with Gasteiger partial charge in [-0.1, -0.05) is 6.07 Å². The highest BCUT2D eigenvalue weighted by Gasteiger charge is 2.39. The Balaban J connectivity index is 3.08. The fourth-order valence-electron chi connectivity index (χ4n) is 1.50. The predicted octanol–water partition coefficient (Wildman–Crippen LogP) is 3.47. The van der Waals surface area contributed by atoms with Gasteiger partial charge in [-0.15, -0.1) is 0 Å². The van der Waals surface area contributed by atoms with E-state index in [4.69, 9.17) is 9.47 Å². The van der Waals surface area contributed by atoms with E-state index in [0.717, 1.165) is 6.07 Å². The second-order valence-corrected chi connectivity index (χ2v) is 4.25. The monoisotopic (exact) mass is 278 g/mol. The van der Waals surface area contributed by atoms with E-state index >= 15 is 0 Å². The number of hydrogen-bond acceptors (Lipinski definition) is 3. The van der Waals surface area contributed by atoms with Crippen molar-refractivity contribution in [2.24, 2.45) is 0 Å². The molecule has 0 saturated heterocycles. The maximum atomic E-state index is 12.4. The Bertz CT molecular complexity index is 416. The summed E-state index contributed by atoms with van der Waals surface area (Å²) >= 11 is 0. The van der Waals surface area contributed by atoms with Gasteiger partial charge in [-0.2, -0.15) is 13.2 Å². The lowest BCUT2D eigenvalue weighted by molar-refractivity contribution is -0.206. The average molecular weight is 278 g/mol. The van der Waals surface area contributed by atoms with Gasteiger partial charge < -0.3 is 14.6 Å². The molecule has 0 fully saturated rings. The quantitative estimate of drug-likeness (QED) is 0.896. The molecule has 0 heterocycles. The minimum absolute atomic E-state index is 0.127. The molecule has 1 aromatic carbocycles. The van der Waals surface area contributed by atoms with Gasteiger partial charge >= 0.3 is 6.18 Å². The number of alkyl halides is 3. The van der Waals surface area contributed by atoms with Crippen molar-refractivity contribution in [1.82, 2.24) is 0 Å². The molecule has 0 amide bonds. The summed E-state index contributed by atoms with van der Waals surface area (Å²) < 4.78 is 48.0. The Morgan fingerprint density at radius 1 is 1.21 bits per heavy atom. The van der Waals surface area contributed by atoms with Crippen molar-refractivity contribution in [3.05, 3.63) is 23.8 Å². The zero-order valence-electron chi connectivity index (χ0n) is 11.0. The Labute approximate surface area is 110 Å². The van der Waals surface area contributed by atoms with E-state index in [1.807, 2.05) is 0 Å². The van der Waals surface area contributed by atoms with Crippen LogP contribution < -0.4 is 9.47 Å². The molecular formula is C13H17F3O3. The molecule has 3 nitrogen and oxygen atoms in total. The maximum Gasteiger partial charge on any atom is 0.418 e. The second kappa shape index (κ2) is 6.14. The van der Waals surface area contributed by atoms with Gasteiger partial charge in [-0.25, -0.2) is 0 Å². The van der Waals surface area contributed by atoms with E-state index in [1.165, 1.54) is 12.1 Å². The molecule has 1 atom stereocenters. The van der Waals surface area contributed by atoms with Crippen molar-refractivity contribution in [3.63, 3.8) is 0 Å². The third-order valence-corrected chi connectivity index (χ3v) is 2.26. The number of ether oxygens (including phenoxy) is 2. The molecule has 0 radical (unpaired) electrons. The van der Waals surface area contributed by atoms with Crippen molar-refractivity contribution >= 4 is 0 Å². The SMILES string of the molecule is CCOc1cc(C(O)C(F)(F)F)ccc1OC(C)C. The van der Waals surface area contributed by atoms with Gasteiger partial charge in [0.2, 0.25) is 0 Å². The first-order chi connectivity index (χ1) is 8.75. The van der Waals surface area contributed by atoms with Gasteiger partial charge in [0.1, 0.15) is 0 Å². The highest BCUT2D eigenvalue weighted by Crippen LogP contribution is 2.37. The van der Waals surface area contributed by atoms with Crippen LogP contribution in [0.4, 0.5) is 13.2 Å². The topological polar surface area (TPSA) is 38.7 Å². The van der Waals surface area contributed by atoms with Crippen molar-refractivity contribution in [2.75, 3.05) is 6.61 Å².